The zero-order chi connectivity index (χ0) is 45.7. The topological polar surface area (TPSA) is 69.2 Å². The molecule has 0 saturated heterocycles. The maximum Gasteiger partial charge on any atom is 0.282 e. The van der Waals surface area contributed by atoms with Crippen molar-refractivity contribution >= 4 is 22.6 Å². The molecule has 1 fully saturated rings. The van der Waals surface area contributed by atoms with Crippen molar-refractivity contribution in [3.8, 4) is 0 Å². The summed E-state index contributed by atoms with van der Waals surface area (Å²) in [7, 11) is 0. The van der Waals surface area contributed by atoms with Gasteiger partial charge >= 0.3 is 0 Å². The van der Waals surface area contributed by atoms with Gasteiger partial charge in [-0.1, -0.05) is 107 Å². The molecular formula is C52H68F2N8. The lowest BCUT2D eigenvalue weighted by Crippen LogP contribution is -2.16. The van der Waals surface area contributed by atoms with Gasteiger partial charge in [-0.3, -0.25) is 0 Å². The number of fused-ring (bicyclic) bond motifs is 4. The second kappa shape index (κ2) is 17.1. The highest BCUT2D eigenvalue weighted by molar-refractivity contribution is 5.49. The van der Waals surface area contributed by atoms with E-state index in [0.29, 0.717) is 11.3 Å². The SMILES string of the molecule is CC(C)(C)c1c(C(F)F)nc2ccccn12.Cc1nc2ccc(C3CC3)cn2c1C(C)(C)C.Cc1nc2cccc(C)n2c1C(C)(C)C.Cc1nc2ccccn2c1C(C)(C)C. The highest BCUT2D eigenvalue weighted by Crippen LogP contribution is 2.40. The molecule has 0 spiro atoms. The van der Waals surface area contributed by atoms with Crippen molar-refractivity contribution < 1.29 is 8.78 Å². The van der Waals surface area contributed by atoms with Crippen molar-refractivity contribution in [3.63, 3.8) is 0 Å². The van der Waals surface area contributed by atoms with Crippen LogP contribution in [-0.2, 0) is 21.7 Å². The van der Waals surface area contributed by atoms with Crippen LogP contribution in [0.1, 0.15) is 165 Å². The minimum atomic E-state index is -2.53. The molecule has 0 radical (unpaired) electrons. The lowest BCUT2D eigenvalue weighted by Gasteiger charge is -2.20. The minimum absolute atomic E-state index is 0.112. The number of hydrogen-bond acceptors (Lipinski definition) is 4. The monoisotopic (exact) mass is 843 g/mol. The second-order valence-corrected chi connectivity index (χ2v) is 21.0. The summed E-state index contributed by atoms with van der Waals surface area (Å²) in [6, 6.07) is 22.1. The molecule has 0 atom stereocenters. The third-order valence-electron chi connectivity index (χ3n) is 11.2. The van der Waals surface area contributed by atoms with Crippen LogP contribution < -0.4 is 0 Å². The molecule has 8 aromatic heterocycles. The Balaban J connectivity index is 0.000000138. The summed E-state index contributed by atoms with van der Waals surface area (Å²) in [6.45, 7) is 34.3. The smallest absolute Gasteiger partial charge is 0.282 e. The van der Waals surface area contributed by atoms with Gasteiger partial charge in [0.25, 0.3) is 6.43 Å². The molecule has 0 amide bonds. The standard InChI is InChI=1S/C15H20N2.C13H18N2.C12H14F2N2.C12H16N2/c1-10-14(15(2,3)4)17-9-12(11-5-6-11)7-8-13(17)16-10;1-9-7-6-8-11-14-10(2)12(15(9)11)13(3,4)5;1-12(2,3)10-9(11(13)14)15-8-6-4-5-7-16(8)10;1-9-11(12(2,3)4)14-8-6-5-7-10(14)13-9/h7-9,11H,5-6H2,1-4H3;6-8H,1-5H3;4-7,11H,1-3H3;5-8H,1-4H3. The molecule has 0 aromatic carbocycles. The Hall–Kier alpha value is -5.38. The molecule has 0 aliphatic heterocycles. The molecule has 1 saturated carbocycles. The van der Waals surface area contributed by atoms with Crippen LogP contribution in [0.3, 0.4) is 0 Å². The van der Waals surface area contributed by atoms with Crippen LogP contribution in [0.25, 0.3) is 22.6 Å². The van der Waals surface area contributed by atoms with Crippen LogP contribution >= 0.6 is 0 Å². The quantitative estimate of drug-likeness (QED) is 0.174. The number of halogens is 2. The molecule has 0 unspecified atom stereocenters. The van der Waals surface area contributed by atoms with Gasteiger partial charge in [0.1, 0.15) is 28.3 Å². The van der Waals surface area contributed by atoms with Gasteiger partial charge in [-0.2, -0.15) is 0 Å². The summed E-state index contributed by atoms with van der Waals surface area (Å²) in [5.41, 5.74) is 14.4. The van der Waals surface area contributed by atoms with Gasteiger partial charge in [-0.05, 0) is 94.5 Å². The molecule has 8 heterocycles. The molecule has 8 nitrogen and oxygen atoms in total. The fourth-order valence-electron chi connectivity index (χ4n) is 8.92. The van der Waals surface area contributed by atoms with Crippen LogP contribution in [0.4, 0.5) is 8.78 Å². The molecule has 330 valence electrons. The first-order valence-corrected chi connectivity index (χ1v) is 21.9. The number of rotatable bonds is 2. The molecule has 9 rings (SSSR count). The summed E-state index contributed by atoms with van der Waals surface area (Å²) in [6.07, 6.45) is 6.32. The van der Waals surface area contributed by atoms with Crippen molar-refractivity contribution in [1.29, 1.82) is 0 Å². The van der Waals surface area contributed by atoms with Crippen molar-refractivity contribution in [2.24, 2.45) is 0 Å². The highest BCUT2D eigenvalue weighted by atomic mass is 19.3. The third kappa shape index (κ3) is 9.79. The number of aromatic nitrogens is 8. The Morgan fingerprint density at radius 2 is 0.919 bits per heavy atom. The summed E-state index contributed by atoms with van der Waals surface area (Å²) in [5, 5.41) is 0. The predicted octanol–water partition coefficient (Wildman–Crippen LogP) is 13.6. The van der Waals surface area contributed by atoms with E-state index in [1.807, 2.05) is 45.0 Å². The molecule has 1 aliphatic rings. The third-order valence-corrected chi connectivity index (χ3v) is 11.2. The Labute approximate surface area is 367 Å². The average Bonchev–Trinajstić information content (AvgIpc) is 3.49. The number of imidazole rings is 4. The summed E-state index contributed by atoms with van der Waals surface area (Å²) in [5.74, 6) is 0.801. The molecular weight excluding hydrogens is 775 g/mol. The summed E-state index contributed by atoms with van der Waals surface area (Å²) >= 11 is 0. The lowest BCUT2D eigenvalue weighted by atomic mass is 9.90. The van der Waals surface area contributed by atoms with Crippen molar-refractivity contribution in [2.75, 3.05) is 0 Å². The highest BCUT2D eigenvalue weighted by Gasteiger charge is 2.29. The second-order valence-electron chi connectivity index (χ2n) is 21.0. The van der Waals surface area contributed by atoms with E-state index in [1.165, 1.54) is 41.2 Å². The Bertz CT molecular complexity index is 2820. The maximum atomic E-state index is 12.9. The molecule has 0 bridgehead atoms. The van der Waals surface area contributed by atoms with E-state index in [2.05, 4.69) is 166 Å². The molecule has 62 heavy (non-hydrogen) atoms. The Morgan fingerprint density at radius 3 is 1.42 bits per heavy atom. The Morgan fingerprint density at radius 1 is 0.484 bits per heavy atom. The van der Waals surface area contributed by atoms with Crippen LogP contribution in [-0.4, -0.2) is 37.5 Å². The van der Waals surface area contributed by atoms with Crippen molar-refractivity contribution in [3.05, 3.63) is 142 Å². The number of pyridine rings is 4. The molecule has 0 N–H and O–H groups in total. The molecule has 1 aliphatic carbocycles. The predicted molar refractivity (Wildman–Crippen MR) is 251 cm³/mol. The number of aryl methyl sites for hydroxylation is 4. The van der Waals surface area contributed by atoms with Crippen LogP contribution in [0.15, 0.2) is 85.3 Å². The number of nitrogens with zero attached hydrogens (tertiary/aromatic N) is 8. The van der Waals surface area contributed by atoms with Gasteiger partial charge in [0, 0.05) is 45.9 Å². The van der Waals surface area contributed by atoms with E-state index in [-0.39, 0.29) is 27.4 Å². The fourth-order valence-corrected chi connectivity index (χ4v) is 8.92. The zero-order valence-electron chi connectivity index (χ0n) is 40.0. The van der Waals surface area contributed by atoms with Gasteiger partial charge < -0.3 is 17.6 Å². The van der Waals surface area contributed by atoms with E-state index < -0.39 is 6.43 Å². The van der Waals surface area contributed by atoms with Crippen LogP contribution in [0.2, 0.25) is 0 Å². The zero-order valence-corrected chi connectivity index (χ0v) is 40.0. The molecule has 8 aromatic rings. The first-order chi connectivity index (χ1) is 28.8. The summed E-state index contributed by atoms with van der Waals surface area (Å²) < 4.78 is 34.3. The lowest BCUT2D eigenvalue weighted by molar-refractivity contribution is 0.144. The number of alkyl halides is 2. The van der Waals surface area contributed by atoms with Gasteiger partial charge in [0.2, 0.25) is 0 Å². The molecule has 10 heteroatoms. The van der Waals surface area contributed by atoms with Gasteiger partial charge in [-0.15, -0.1) is 0 Å². The van der Waals surface area contributed by atoms with E-state index in [9.17, 15) is 8.78 Å². The van der Waals surface area contributed by atoms with Crippen LogP contribution in [0, 0.1) is 27.7 Å². The largest absolute Gasteiger partial charge is 0.303 e. The van der Waals surface area contributed by atoms with E-state index in [1.54, 1.807) is 22.7 Å². The van der Waals surface area contributed by atoms with E-state index in [0.717, 1.165) is 39.9 Å². The van der Waals surface area contributed by atoms with Crippen LogP contribution in [0.5, 0.6) is 0 Å². The van der Waals surface area contributed by atoms with Gasteiger partial charge in [0.05, 0.1) is 39.9 Å². The normalized spacial score (nSPS) is 13.6. The van der Waals surface area contributed by atoms with Gasteiger partial charge in [0.15, 0.2) is 0 Å². The van der Waals surface area contributed by atoms with E-state index >= 15 is 0 Å². The minimum Gasteiger partial charge on any atom is -0.303 e. The fraction of sp³-hybridized carbons (Fsp3) is 0.462. The summed E-state index contributed by atoms with van der Waals surface area (Å²) in [4.78, 5) is 17.8. The average molecular weight is 843 g/mol. The van der Waals surface area contributed by atoms with Crippen molar-refractivity contribution in [1.82, 2.24) is 37.5 Å². The van der Waals surface area contributed by atoms with Gasteiger partial charge in [-0.25, -0.2) is 28.7 Å². The first-order valence-electron chi connectivity index (χ1n) is 21.9. The van der Waals surface area contributed by atoms with Crippen molar-refractivity contribution in [2.45, 2.75) is 158 Å². The maximum absolute atomic E-state index is 12.9. The van der Waals surface area contributed by atoms with E-state index in [4.69, 9.17) is 0 Å². The number of hydrogen-bond donors (Lipinski definition) is 0. The first kappa shape index (κ1) is 46.1. The Kier molecular flexibility index (Phi) is 12.7.